The minimum absolute atomic E-state index is 0.0970. The number of nitrogens with zero attached hydrogens (tertiary/aromatic N) is 3. The highest BCUT2D eigenvalue weighted by Crippen LogP contribution is 2.19. The summed E-state index contributed by atoms with van der Waals surface area (Å²) in [6.07, 6.45) is 4.56. The highest BCUT2D eigenvalue weighted by atomic mass is 16.5. The van der Waals surface area contributed by atoms with Crippen molar-refractivity contribution >= 4 is 5.96 Å². The summed E-state index contributed by atoms with van der Waals surface area (Å²) in [5, 5.41) is 11.1. The van der Waals surface area contributed by atoms with Crippen molar-refractivity contribution in [3.05, 3.63) is 72.6 Å². The van der Waals surface area contributed by atoms with Gasteiger partial charge in [0.05, 0.1) is 25.4 Å². The summed E-state index contributed by atoms with van der Waals surface area (Å²) in [4.78, 5) is 4.32. The summed E-state index contributed by atoms with van der Waals surface area (Å²) in [6, 6.07) is 17.9. The molecule has 1 unspecified atom stereocenters. The molecule has 0 bridgehead atoms. The predicted octanol–water partition coefficient (Wildman–Crippen LogP) is 3.58. The van der Waals surface area contributed by atoms with Crippen molar-refractivity contribution in [1.82, 2.24) is 20.4 Å². The second kappa shape index (κ2) is 10.9. The molecule has 0 saturated heterocycles. The molecule has 0 fully saturated rings. The standard InChI is InChI=1S/C23H29N5O2/c1-18(19-8-4-9-20(16-19)28-14-6-13-26-28)27-23(24-2)25-12-7-15-30-22-11-5-10-21(17-22)29-3/h4-6,8-11,13-14,16-18H,7,12,15H2,1-3H3,(H2,24,25,27). The van der Waals surface area contributed by atoms with Crippen molar-refractivity contribution in [1.29, 1.82) is 0 Å². The maximum Gasteiger partial charge on any atom is 0.191 e. The molecule has 1 heterocycles. The zero-order valence-corrected chi connectivity index (χ0v) is 17.7. The smallest absolute Gasteiger partial charge is 0.191 e. The van der Waals surface area contributed by atoms with Gasteiger partial charge < -0.3 is 20.1 Å². The van der Waals surface area contributed by atoms with Crippen molar-refractivity contribution in [2.24, 2.45) is 4.99 Å². The zero-order chi connectivity index (χ0) is 21.2. The SMILES string of the molecule is CN=C(NCCCOc1cccc(OC)c1)NC(C)c1cccc(-n2cccn2)c1. The molecule has 3 aromatic rings. The first-order valence-electron chi connectivity index (χ1n) is 10.0. The molecule has 7 heteroatoms. The average Bonchev–Trinajstić information content (AvgIpc) is 3.33. The van der Waals surface area contributed by atoms with Crippen LogP contribution >= 0.6 is 0 Å². The third-order valence-corrected chi connectivity index (χ3v) is 4.64. The number of hydrogen-bond acceptors (Lipinski definition) is 4. The molecular formula is C23H29N5O2. The molecule has 158 valence electrons. The van der Waals surface area contributed by atoms with E-state index in [9.17, 15) is 0 Å². The lowest BCUT2D eigenvalue weighted by Crippen LogP contribution is -2.39. The first-order chi connectivity index (χ1) is 14.7. The van der Waals surface area contributed by atoms with Crippen LogP contribution in [-0.4, -0.2) is 43.0 Å². The fourth-order valence-corrected chi connectivity index (χ4v) is 3.00. The first-order valence-corrected chi connectivity index (χ1v) is 10.0. The minimum Gasteiger partial charge on any atom is -0.497 e. The van der Waals surface area contributed by atoms with Crippen molar-refractivity contribution in [2.75, 3.05) is 27.3 Å². The summed E-state index contributed by atoms with van der Waals surface area (Å²) in [5.41, 5.74) is 2.19. The van der Waals surface area contributed by atoms with Crippen LogP contribution in [0.5, 0.6) is 11.5 Å². The van der Waals surface area contributed by atoms with Crippen LogP contribution in [0.3, 0.4) is 0 Å². The normalized spacial score (nSPS) is 12.3. The van der Waals surface area contributed by atoms with Gasteiger partial charge in [0.2, 0.25) is 0 Å². The van der Waals surface area contributed by atoms with Crippen LogP contribution in [0.25, 0.3) is 5.69 Å². The van der Waals surface area contributed by atoms with Gasteiger partial charge in [0, 0.05) is 32.1 Å². The van der Waals surface area contributed by atoms with Crippen LogP contribution in [0.15, 0.2) is 72.0 Å². The number of rotatable bonds is 9. The molecule has 30 heavy (non-hydrogen) atoms. The van der Waals surface area contributed by atoms with E-state index in [2.05, 4.69) is 39.8 Å². The number of ether oxygens (including phenoxy) is 2. The van der Waals surface area contributed by atoms with E-state index in [1.165, 1.54) is 0 Å². The number of benzene rings is 2. The maximum absolute atomic E-state index is 5.77. The fourth-order valence-electron chi connectivity index (χ4n) is 3.00. The van der Waals surface area contributed by atoms with Gasteiger partial charge in [-0.3, -0.25) is 4.99 Å². The Morgan fingerprint density at radius 3 is 2.73 bits per heavy atom. The summed E-state index contributed by atoms with van der Waals surface area (Å²) < 4.78 is 12.8. The highest BCUT2D eigenvalue weighted by molar-refractivity contribution is 5.80. The van der Waals surface area contributed by atoms with E-state index < -0.39 is 0 Å². The molecule has 1 atom stereocenters. The number of nitrogens with one attached hydrogen (secondary N) is 2. The van der Waals surface area contributed by atoms with Crippen LogP contribution in [0.1, 0.15) is 24.9 Å². The van der Waals surface area contributed by atoms with Crippen LogP contribution in [0.4, 0.5) is 0 Å². The Morgan fingerprint density at radius 1 is 1.13 bits per heavy atom. The van der Waals surface area contributed by atoms with Crippen molar-refractivity contribution in [3.8, 4) is 17.2 Å². The number of aliphatic imine (C=N–C) groups is 1. The topological polar surface area (TPSA) is 72.7 Å². The molecule has 2 aromatic carbocycles. The predicted molar refractivity (Wildman–Crippen MR) is 120 cm³/mol. The molecule has 1 aromatic heterocycles. The Morgan fingerprint density at radius 2 is 1.97 bits per heavy atom. The van der Waals surface area contributed by atoms with Gasteiger partial charge in [0.1, 0.15) is 11.5 Å². The van der Waals surface area contributed by atoms with Gasteiger partial charge in [0.15, 0.2) is 5.96 Å². The first kappa shape index (κ1) is 21.2. The van der Waals surface area contributed by atoms with Gasteiger partial charge in [-0.2, -0.15) is 5.10 Å². The average molecular weight is 408 g/mol. The third kappa shape index (κ3) is 6.01. The summed E-state index contributed by atoms with van der Waals surface area (Å²) in [5.74, 6) is 2.36. The van der Waals surface area contributed by atoms with E-state index in [1.54, 1.807) is 20.4 Å². The van der Waals surface area contributed by atoms with E-state index in [-0.39, 0.29) is 6.04 Å². The summed E-state index contributed by atoms with van der Waals surface area (Å²) in [7, 11) is 3.42. The van der Waals surface area contributed by atoms with E-state index in [4.69, 9.17) is 9.47 Å². The van der Waals surface area contributed by atoms with Crippen LogP contribution < -0.4 is 20.1 Å². The Labute approximate surface area is 177 Å². The molecule has 3 rings (SSSR count). The second-order valence-electron chi connectivity index (χ2n) is 6.79. The fraction of sp³-hybridized carbons (Fsp3) is 0.304. The van der Waals surface area contributed by atoms with Gasteiger partial charge in [0.25, 0.3) is 0 Å². The van der Waals surface area contributed by atoms with Crippen molar-refractivity contribution in [2.45, 2.75) is 19.4 Å². The largest absolute Gasteiger partial charge is 0.497 e. The number of guanidine groups is 1. The lowest BCUT2D eigenvalue weighted by molar-refractivity contribution is 0.308. The molecule has 0 spiro atoms. The molecule has 0 saturated carbocycles. The van der Waals surface area contributed by atoms with E-state index >= 15 is 0 Å². The van der Waals surface area contributed by atoms with Gasteiger partial charge >= 0.3 is 0 Å². The Bertz CT molecular complexity index is 940. The van der Waals surface area contributed by atoms with E-state index in [1.807, 2.05) is 53.3 Å². The van der Waals surface area contributed by atoms with Crippen LogP contribution in [0, 0.1) is 0 Å². The molecule has 0 aliphatic carbocycles. The number of methoxy groups -OCH3 is 1. The van der Waals surface area contributed by atoms with Gasteiger partial charge in [-0.25, -0.2) is 4.68 Å². The van der Waals surface area contributed by atoms with E-state index in [0.29, 0.717) is 6.61 Å². The highest BCUT2D eigenvalue weighted by Gasteiger charge is 2.09. The summed E-state index contributed by atoms with van der Waals surface area (Å²) in [6.45, 7) is 3.48. The number of aromatic nitrogens is 2. The van der Waals surface area contributed by atoms with Gasteiger partial charge in [-0.1, -0.05) is 18.2 Å². The monoisotopic (exact) mass is 407 g/mol. The minimum atomic E-state index is 0.0970. The lowest BCUT2D eigenvalue weighted by Gasteiger charge is -2.19. The van der Waals surface area contributed by atoms with Crippen LogP contribution in [0.2, 0.25) is 0 Å². The molecule has 7 nitrogen and oxygen atoms in total. The molecule has 0 aliphatic rings. The Kier molecular flexibility index (Phi) is 7.71. The third-order valence-electron chi connectivity index (χ3n) is 4.64. The van der Waals surface area contributed by atoms with Gasteiger partial charge in [-0.15, -0.1) is 0 Å². The molecule has 0 aliphatic heterocycles. The van der Waals surface area contributed by atoms with Crippen molar-refractivity contribution in [3.63, 3.8) is 0 Å². The Balaban J connectivity index is 1.44. The van der Waals surface area contributed by atoms with Gasteiger partial charge in [-0.05, 0) is 49.2 Å². The van der Waals surface area contributed by atoms with E-state index in [0.717, 1.165) is 41.7 Å². The quantitative estimate of drug-likeness (QED) is 0.322. The number of hydrogen-bond donors (Lipinski definition) is 2. The lowest BCUT2D eigenvalue weighted by atomic mass is 10.1. The zero-order valence-electron chi connectivity index (χ0n) is 17.7. The summed E-state index contributed by atoms with van der Waals surface area (Å²) >= 11 is 0. The molecular weight excluding hydrogens is 378 g/mol. The molecule has 2 N–H and O–H groups in total. The molecule has 0 radical (unpaired) electrons. The molecule has 0 amide bonds. The Hall–Kier alpha value is -3.48. The van der Waals surface area contributed by atoms with Crippen LogP contribution in [-0.2, 0) is 0 Å². The van der Waals surface area contributed by atoms with Crippen molar-refractivity contribution < 1.29 is 9.47 Å². The second-order valence-corrected chi connectivity index (χ2v) is 6.79. The maximum atomic E-state index is 5.77.